The average molecular weight is 381 g/mol. The van der Waals surface area contributed by atoms with Gasteiger partial charge in [0.2, 0.25) is 10.0 Å². The summed E-state index contributed by atoms with van der Waals surface area (Å²) in [6, 6.07) is 7.11. The molecule has 0 aromatic heterocycles. The summed E-state index contributed by atoms with van der Waals surface area (Å²) in [5.74, 6) is 1.21. The molecule has 146 valence electrons. The monoisotopic (exact) mass is 380 g/mol. The maximum atomic E-state index is 12.8. The molecule has 0 aliphatic carbocycles. The number of sulfonamides is 1. The van der Waals surface area contributed by atoms with Crippen LogP contribution < -0.4 is 10.6 Å². The number of guanidine groups is 1. The van der Waals surface area contributed by atoms with Crippen molar-refractivity contribution < 1.29 is 8.42 Å². The SMILES string of the molecule is CCCNC(=NCc1ccc(S(=O)(=O)N2CCCC(C)C2)cc1)NCC. The van der Waals surface area contributed by atoms with Gasteiger partial charge in [-0.15, -0.1) is 0 Å². The van der Waals surface area contributed by atoms with Gasteiger partial charge in [0, 0.05) is 26.2 Å². The van der Waals surface area contributed by atoms with E-state index in [0.717, 1.165) is 43.9 Å². The third kappa shape index (κ3) is 5.71. The second kappa shape index (κ2) is 9.92. The van der Waals surface area contributed by atoms with Gasteiger partial charge in [-0.25, -0.2) is 13.4 Å². The number of benzene rings is 1. The van der Waals surface area contributed by atoms with E-state index < -0.39 is 10.0 Å². The van der Waals surface area contributed by atoms with E-state index in [2.05, 4.69) is 29.5 Å². The van der Waals surface area contributed by atoms with Crippen LogP contribution in [0.25, 0.3) is 0 Å². The Hall–Kier alpha value is -1.60. The van der Waals surface area contributed by atoms with Crippen LogP contribution in [0.15, 0.2) is 34.2 Å². The highest BCUT2D eigenvalue weighted by molar-refractivity contribution is 7.89. The van der Waals surface area contributed by atoms with Crippen molar-refractivity contribution >= 4 is 16.0 Å². The molecule has 1 unspecified atom stereocenters. The van der Waals surface area contributed by atoms with Crippen LogP contribution in [-0.4, -0.2) is 44.9 Å². The fourth-order valence-corrected chi connectivity index (χ4v) is 4.63. The van der Waals surface area contributed by atoms with Crippen molar-refractivity contribution in [2.24, 2.45) is 10.9 Å². The molecule has 1 aliphatic rings. The molecule has 1 aromatic rings. The minimum atomic E-state index is -3.39. The summed E-state index contributed by atoms with van der Waals surface area (Å²) >= 11 is 0. The first-order valence-corrected chi connectivity index (χ1v) is 11.0. The first-order chi connectivity index (χ1) is 12.5. The van der Waals surface area contributed by atoms with Crippen LogP contribution in [0.1, 0.15) is 45.6 Å². The van der Waals surface area contributed by atoms with Crippen LogP contribution in [0.5, 0.6) is 0 Å². The maximum Gasteiger partial charge on any atom is 0.243 e. The normalized spacial score (nSPS) is 19.3. The van der Waals surface area contributed by atoms with Gasteiger partial charge in [0.15, 0.2) is 5.96 Å². The predicted octanol–water partition coefficient (Wildman–Crippen LogP) is 2.57. The molecule has 2 rings (SSSR count). The van der Waals surface area contributed by atoms with E-state index in [1.165, 1.54) is 0 Å². The lowest BCUT2D eigenvalue weighted by molar-refractivity contribution is 0.281. The standard InChI is InChI=1S/C19H32N4O2S/c1-4-12-21-19(20-5-2)22-14-17-8-10-18(11-9-17)26(24,25)23-13-6-7-16(3)15-23/h8-11,16H,4-7,12-15H2,1-3H3,(H2,20,21,22). The van der Waals surface area contributed by atoms with Gasteiger partial charge < -0.3 is 10.6 Å². The molecule has 7 heteroatoms. The van der Waals surface area contributed by atoms with Crippen LogP contribution in [-0.2, 0) is 16.6 Å². The van der Waals surface area contributed by atoms with Crippen molar-refractivity contribution in [2.45, 2.75) is 51.5 Å². The lowest BCUT2D eigenvalue weighted by atomic mass is 10.0. The summed E-state index contributed by atoms with van der Waals surface area (Å²) in [7, 11) is -3.39. The van der Waals surface area contributed by atoms with Crippen LogP contribution in [0.2, 0.25) is 0 Å². The van der Waals surface area contributed by atoms with E-state index in [1.54, 1.807) is 16.4 Å². The molecule has 1 atom stereocenters. The molecule has 26 heavy (non-hydrogen) atoms. The number of rotatable bonds is 7. The molecule has 0 bridgehead atoms. The van der Waals surface area contributed by atoms with Gasteiger partial charge in [0.05, 0.1) is 11.4 Å². The molecule has 0 saturated carbocycles. The van der Waals surface area contributed by atoms with Crippen LogP contribution in [0.3, 0.4) is 0 Å². The van der Waals surface area contributed by atoms with Gasteiger partial charge in [-0.3, -0.25) is 0 Å². The van der Waals surface area contributed by atoms with Gasteiger partial charge in [0.25, 0.3) is 0 Å². The van der Waals surface area contributed by atoms with Crippen molar-refractivity contribution in [3.8, 4) is 0 Å². The van der Waals surface area contributed by atoms with Gasteiger partial charge in [0.1, 0.15) is 0 Å². The topological polar surface area (TPSA) is 73.8 Å². The van der Waals surface area contributed by atoms with Crippen molar-refractivity contribution in [3.05, 3.63) is 29.8 Å². The van der Waals surface area contributed by atoms with Gasteiger partial charge in [-0.2, -0.15) is 4.31 Å². The fraction of sp³-hybridized carbons (Fsp3) is 0.632. The molecule has 2 N–H and O–H groups in total. The Labute approximate surface area is 158 Å². The fourth-order valence-electron chi connectivity index (χ4n) is 3.04. The summed E-state index contributed by atoms with van der Waals surface area (Å²) in [4.78, 5) is 4.92. The Morgan fingerprint density at radius 2 is 1.96 bits per heavy atom. The minimum absolute atomic E-state index is 0.371. The Morgan fingerprint density at radius 1 is 1.23 bits per heavy atom. The van der Waals surface area contributed by atoms with E-state index >= 15 is 0 Å². The number of nitrogens with one attached hydrogen (secondary N) is 2. The van der Waals surface area contributed by atoms with Crippen molar-refractivity contribution in [3.63, 3.8) is 0 Å². The highest BCUT2D eigenvalue weighted by atomic mass is 32.2. The number of hydrogen-bond donors (Lipinski definition) is 2. The molecule has 1 saturated heterocycles. The quantitative estimate of drug-likeness (QED) is 0.563. The minimum Gasteiger partial charge on any atom is -0.357 e. The van der Waals surface area contributed by atoms with Crippen molar-refractivity contribution in [1.82, 2.24) is 14.9 Å². The number of hydrogen-bond acceptors (Lipinski definition) is 3. The molecule has 1 aromatic carbocycles. The molecular weight excluding hydrogens is 348 g/mol. The maximum absolute atomic E-state index is 12.8. The predicted molar refractivity (Wildman–Crippen MR) is 107 cm³/mol. The summed E-state index contributed by atoms with van der Waals surface area (Å²) in [5.41, 5.74) is 0.990. The summed E-state index contributed by atoms with van der Waals surface area (Å²) in [6.07, 6.45) is 3.07. The lowest BCUT2D eigenvalue weighted by Gasteiger charge is -2.30. The molecule has 6 nitrogen and oxygen atoms in total. The Kier molecular flexibility index (Phi) is 7.90. The first kappa shape index (κ1) is 20.7. The third-order valence-electron chi connectivity index (χ3n) is 4.49. The van der Waals surface area contributed by atoms with Crippen LogP contribution in [0, 0.1) is 5.92 Å². The molecule has 1 heterocycles. The zero-order valence-electron chi connectivity index (χ0n) is 16.2. The van der Waals surface area contributed by atoms with E-state index in [-0.39, 0.29) is 0 Å². The zero-order chi connectivity index (χ0) is 19.0. The first-order valence-electron chi connectivity index (χ1n) is 9.58. The second-order valence-corrected chi connectivity index (χ2v) is 8.81. The largest absolute Gasteiger partial charge is 0.357 e. The Morgan fingerprint density at radius 3 is 2.58 bits per heavy atom. The van der Waals surface area contributed by atoms with E-state index in [1.807, 2.05) is 19.1 Å². The number of nitrogens with zero attached hydrogens (tertiary/aromatic N) is 2. The lowest BCUT2D eigenvalue weighted by Crippen LogP contribution is -2.39. The third-order valence-corrected chi connectivity index (χ3v) is 6.37. The van der Waals surface area contributed by atoms with Gasteiger partial charge in [-0.1, -0.05) is 26.0 Å². The summed E-state index contributed by atoms with van der Waals surface area (Å²) < 4.78 is 27.2. The molecule has 0 amide bonds. The van der Waals surface area contributed by atoms with Crippen LogP contribution >= 0.6 is 0 Å². The molecule has 0 spiro atoms. The van der Waals surface area contributed by atoms with Crippen molar-refractivity contribution in [2.75, 3.05) is 26.2 Å². The zero-order valence-corrected chi connectivity index (χ0v) is 17.0. The Balaban J connectivity index is 2.05. The summed E-state index contributed by atoms with van der Waals surface area (Å²) in [6.45, 7) is 9.68. The van der Waals surface area contributed by atoms with E-state index in [9.17, 15) is 8.42 Å². The molecule has 0 radical (unpaired) electrons. The number of aliphatic imine (C=N–C) groups is 1. The summed E-state index contributed by atoms with van der Waals surface area (Å²) in [5, 5.41) is 6.47. The van der Waals surface area contributed by atoms with E-state index in [0.29, 0.717) is 30.4 Å². The highest BCUT2D eigenvalue weighted by Crippen LogP contribution is 2.23. The molecule has 1 fully saturated rings. The highest BCUT2D eigenvalue weighted by Gasteiger charge is 2.28. The molecular formula is C19H32N4O2S. The average Bonchev–Trinajstić information content (AvgIpc) is 2.64. The van der Waals surface area contributed by atoms with Crippen LogP contribution in [0.4, 0.5) is 0 Å². The van der Waals surface area contributed by atoms with Gasteiger partial charge >= 0.3 is 0 Å². The second-order valence-electron chi connectivity index (χ2n) is 6.88. The van der Waals surface area contributed by atoms with E-state index in [4.69, 9.17) is 0 Å². The van der Waals surface area contributed by atoms with Crippen molar-refractivity contribution in [1.29, 1.82) is 0 Å². The van der Waals surface area contributed by atoms with Gasteiger partial charge in [-0.05, 0) is 49.8 Å². The number of piperidine rings is 1. The smallest absolute Gasteiger partial charge is 0.243 e. The molecule has 1 aliphatic heterocycles. The Bertz CT molecular complexity index is 686.